The Hall–Kier alpha value is -1.53. The molecule has 18 heavy (non-hydrogen) atoms. The summed E-state index contributed by atoms with van der Waals surface area (Å²) >= 11 is 0. The molecule has 0 aliphatic heterocycles. The van der Waals surface area contributed by atoms with E-state index in [9.17, 15) is 0 Å². The molecule has 0 radical (unpaired) electrons. The second kappa shape index (κ2) is 7.03. The summed E-state index contributed by atoms with van der Waals surface area (Å²) < 4.78 is 11.1. The SMILES string of the molecule is N#Cc1ccccc1OCCCOCCC1CC1. The van der Waals surface area contributed by atoms with Crippen LogP contribution in [0.3, 0.4) is 0 Å². The van der Waals surface area contributed by atoms with E-state index in [1.165, 1.54) is 19.3 Å². The van der Waals surface area contributed by atoms with Gasteiger partial charge in [-0.15, -0.1) is 0 Å². The maximum atomic E-state index is 8.89. The summed E-state index contributed by atoms with van der Waals surface area (Å²) in [4.78, 5) is 0. The molecule has 0 heterocycles. The fraction of sp³-hybridized carbons (Fsp3) is 0.533. The number of para-hydroxylation sites is 1. The standard InChI is InChI=1S/C15H19NO2/c16-12-14-4-1-2-5-15(14)18-10-3-9-17-11-8-13-6-7-13/h1-2,4-5,13H,3,6-11H2. The van der Waals surface area contributed by atoms with Gasteiger partial charge in [0, 0.05) is 19.6 Å². The molecule has 0 aromatic heterocycles. The highest BCUT2D eigenvalue weighted by molar-refractivity contribution is 5.42. The molecular formula is C15H19NO2. The summed E-state index contributed by atoms with van der Waals surface area (Å²) in [7, 11) is 0. The Morgan fingerprint density at radius 1 is 1.17 bits per heavy atom. The van der Waals surface area contributed by atoms with Gasteiger partial charge in [0.15, 0.2) is 0 Å². The van der Waals surface area contributed by atoms with Crippen LogP contribution in [-0.4, -0.2) is 19.8 Å². The monoisotopic (exact) mass is 245 g/mol. The molecule has 1 aromatic carbocycles. The van der Waals surface area contributed by atoms with Gasteiger partial charge in [-0.2, -0.15) is 5.26 Å². The lowest BCUT2D eigenvalue weighted by molar-refractivity contribution is 0.114. The molecule has 1 aliphatic rings. The summed E-state index contributed by atoms with van der Waals surface area (Å²) in [5.74, 6) is 1.60. The van der Waals surface area contributed by atoms with E-state index in [0.717, 1.165) is 25.6 Å². The maximum Gasteiger partial charge on any atom is 0.137 e. The molecule has 3 nitrogen and oxygen atoms in total. The van der Waals surface area contributed by atoms with Crippen LogP contribution in [-0.2, 0) is 4.74 Å². The Balaban J connectivity index is 1.55. The van der Waals surface area contributed by atoms with E-state index < -0.39 is 0 Å². The second-order valence-corrected chi connectivity index (χ2v) is 4.65. The number of nitriles is 1. The molecule has 1 fully saturated rings. The minimum Gasteiger partial charge on any atom is -0.492 e. The first-order valence-electron chi connectivity index (χ1n) is 6.60. The minimum absolute atomic E-state index is 0.590. The molecule has 0 unspecified atom stereocenters. The first-order chi connectivity index (χ1) is 8.90. The van der Waals surface area contributed by atoms with E-state index in [2.05, 4.69) is 6.07 Å². The average molecular weight is 245 g/mol. The van der Waals surface area contributed by atoms with Gasteiger partial charge in [0.25, 0.3) is 0 Å². The summed E-state index contributed by atoms with van der Waals surface area (Å²) in [6.07, 6.45) is 4.84. The predicted octanol–water partition coefficient (Wildman–Crippen LogP) is 3.14. The average Bonchev–Trinajstić information content (AvgIpc) is 3.22. The Labute approximate surface area is 108 Å². The van der Waals surface area contributed by atoms with Crippen LogP contribution in [0.1, 0.15) is 31.2 Å². The quantitative estimate of drug-likeness (QED) is 0.661. The van der Waals surface area contributed by atoms with Crippen molar-refractivity contribution in [3.05, 3.63) is 29.8 Å². The number of hydrogen-bond acceptors (Lipinski definition) is 3. The lowest BCUT2D eigenvalue weighted by atomic mass is 10.2. The first-order valence-corrected chi connectivity index (χ1v) is 6.60. The summed E-state index contributed by atoms with van der Waals surface area (Å²) in [5, 5.41) is 8.89. The Kier molecular flexibility index (Phi) is 5.04. The third-order valence-corrected chi connectivity index (χ3v) is 3.07. The van der Waals surface area contributed by atoms with Crippen molar-refractivity contribution in [2.45, 2.75) is 25.7 Å². The zero-order chi connectivity index (χ0) is 12.6. The Morgan fingerprint density at radius 3 is 2.78 bits per heavy atom. The smallest absolute Gasteiger partial charge is 0.137 e. The number of ether oxygens (including phenoxy) is 2. The van der Waals surface area contributed by atoms with Gasteiger partial charge in [0.1, 0.15) is 11.8 Å². The molecule has 0 saturated heterocycles. The fourth-order valence-corrected chi connectivity index (χ4v) is 1.79. The summed E-state index contributed by atoms with van der Waals surface area (Å²) in [6.45, 7) is 2.21. The van der Waals surface area contributed by atoms with Gasteiger partial charge >= 0.3 is 0 Å². The molecule has 0 spiro atoms. The Bertz CT molecular complexity index is 407. The number of rotatable bonds is 8. The molecule has 96 valence electrons. The molecule has 1 saturated carbocycles. The maximum absolute atomic E-state index is 8.89. The Morgan fingerprint density at radius 2 is 2.00 bits per heavy atom. The van der Waals surface area contributed by atoms with Crippen molar-refractivity contribution in [3.63, 3.8) is 0 Å². The van der Waals surface area contributed by atoms with E-state index >= 15 is 0 Å². The van der Waals surface area contributed by atoms with Crippen molar-refractivity contribution in [2.75, 3.05) is 19.8 Å². The van der Waals surface area contributed by atoms with Gasteiger partial charge in [-0.25, -0.2) is 0 Å². The minimum atomic E-state index is 0.590. The van der Waals surface area contributed by atoms with Gasteiger partial charge in [0.05, 0.1) is 12.2 Å². The third-order valence-electron chi connectivity index (χ3n) is 3.07. The van der Waals surface area contributed by atoms with E-state index in [0.29, 0.717) is 17.9 Å². The van der Waals surface area contributed by atoms with Crippen molar-refractivity contribution in [3.8, 4) is 11.8 Å². The van der Waals surface area contributed by atoms with Crippen molar-refractivity contribution >= 4 is 0 Å². The highest BCUT2D eigenvalue weighted by atomic mass is 16.5. The highest BCUT2D eigenvalue weighted by Crippen LogP contribution is 2.32. The van der Waals surface area contributed by atoms with Crippen LogP contribution in [0.15, 0.2) is 24.3 Å². The third kappa shape index (κ3) is 4.38. The van der Waals surface area contributed by atoms with Gasteiger partial charge in [-0.1, -0.05) is 25.0 Å². The van der Waals surface area contributed by atoms with Crippen LogP contribution in [0.4, 0.5) is 0 Å². The van der Waals surface area contributed by atoms with Crippen molar-refractivity contribution in [2.24, 2.45) is 5.92 Å². The van der Waals surface area contributed by atoms with Crippen LogP contribution in [0.5, 0.6) is 5.75 Å². The lowest BCUT2D eigenvalue weighted by Crippen LogP contribution is -2.05. The molecule has 0 N–H and O–H groups in total. The van der Waals surface area contributed by atoms with Gasteiger partial charge in [-0.05, 0) is 24.5 Å². The topological polar surface area (TPSA) is 42.2 Å². The molecule has 1 aliphatic carbocycles. The van der Waals surface area contributed by atoms with E-state index in [-0.39, 0.29) is 0 Å². The van der Waals surface area contributed by atoms with Crippen molar-refractivity contribution in [1.82, 2.24) is 0 Å². The van der Waals surface area contributed by atoms with Crippen LogP contribution in [0.25, 0.3) is 0 Å². The summed E-state index contributed by atoms with van der Waals surface area (Å²) in [6, 6.07) is 9.43. The number of nitrogens with zero attached hydrogens (tertiary/aromatic N) is 1. The molecular weight excluding hydrogens is 226 g/mol. The van der Waals surface area contributed by atoms with Crippen LogP contribution >= 0.6 is 0 Å². The highest BCUT2D eigenvalue weighted by Gasteiger charge is 2.20. The van der Waals surface area contributed by atoms with Crippen molar-refractivity contribution < 1.29 is 9.47 Å². The zero-order valence-corrected chi connectivity index (χ0v) is 10.6. The van der Waals surface area contributed by atoms with Gasteiger partial charge in [-0.3, -0.25) is 0 Å². The normalized spacial score (nSPS) is 14.2. The van der Waals surface area contributed by atoms with E-state index in [4.69, 9.17) is 14.7 Å². The second-order valence-electron chi connectivity index (χ2n) is 4.65. The molecule has 0 amide bonds. The zero-order valence-electron chi connectivity index (χ0n) is 10.6. The van der Waals surface area contributed by atoms with Gasteiger partial charge in [0.2, 0.25) is 0 Å². The fourth-order valence-electron chi connectivity index (χ4n) is 1.79. The van der Waals surface area contributed by atoms with Gasteiger partial charge < -0.3 is 9.47 Å². The first kappa shape index (κ1) is 12.9. The van der Waals surface area contributed by atoms with Crippen LogP contribution < -0.4 is 4.74 Å². The molecule has 3 heteroatoms. The molecule has 2 rings (SSSR count). The number of hydrogen-bond donors (Lipinski definition) is 0. The van der Waals surface area contributed by atoms with Crippen molar-refractivity contribution in [1.29, 1.82) is 5.26 Å². The molecule has 1 aromatic rings. The summed E-state index contributed by atoms with van der Waals surface area (Å²) in [5.41, 5.74) is 0.590. The number of benzene rings is 1. The van der Waals surface area contributed by atoms with E-state index in [1.54, 1.807) is 6.07 Å². The van der Waals surface area contributed by atoms with E-state index in [1.807, 2.05) is 18.2 Å². The predicted molar refractivity (Wildman–Crippen MR) is 69.4 cm³/mol. The van der Waals surface area contributed by atoms with Crippen LogP contribution in [0.2, 0.25) is 0 Å². The lowest BCUT2D eigenvalue weighted by Gasteiger charge is -2.07. The molecule has 0 bridgehead atoms. The largest absolute Gasteiger partial charge is 0.492 e. The van der Waals surface area contributed by atoms with Crippen LogP contribution in [0, 0.1) is 17.2 Å². The molecule has 0 atom stereocenters.